The van der Waals surface area contributed by atoms with Gasteiger partial charge in [-0.1, -0.05) is 31.4 Å². The van der Waals surface area contributed by atoms with Gasteiger partial charge in [-0.2, -0.15) is 0 Å². The second kappa shape index (κ2) is 6.41. The molecule has 1 saturated carbocycles. The molecule has 1 fully saturated rings. The number of amides is 1. The number of nitrogens with zero attached hydrogens (tertiary/aromatic N) is 2. The van der Waals surface area contributed by atoms with Crippen LogP contribution in [-0.4, -0.2) is 28.9 Å². The van der Waals surface area contributed by atoms with Crippen molar-refractivity contribution in [3.8, 4) is 0 Å². The number of aromatic nitrogens is 1. The Balaban J connectivity index is 2.11. The average molecular weight is 297 g/mol. The summed E-state index contributed by atoms with van der Waals surface area (Å²) in [5, 5.41) is 0.351. The van der Waals surface area contributed by atoms with E-state index in [1.165, 1.54) is 19.0 Å². The van der Waals surface area contributed by atoms with Crippen molar-refractivity contribution in [2.45, 2.75) is 38.6 Å². The zero-order valence-electron chi connectivity index (χ0n) is 11.9. The molecule has 110 valence electrons. The smallest absolute Gasteiger partial charge is 0.255 e. The molecule has 2 rings (SSSR count). The van der Waals surface area contributed by atoms with Crippen molar-refractivity contribution in [2.75, 3.05) is 12.5 Å². The third-order valence-electron chi connectivity index (χ3n) is 4.00. The van der Waals surface area contributed by atoms with Crippen LogP contribution in [0.3, 0.4) is 0 Å². The number of hydrogen-bond acceptors (Lipinski definition) is 4. The Kier molecular flexibility index (Phi) is 4.83. The molecule has 1 aromatic rings. The molecular formula is C14H21ClN4O. The fraction of sp³-hybridized carbons (Fsp3) is 0.571. The summed E-state index contributed by atoms with van der Waals surface area (Å²) in [6.45, 7) is 2.24. The van der Waals surface area contributed by atoms with Crippen LogP contribution < -0.4 is 11.3 Å². The van der Waals surface area contributed by atoms with Gasteiger partial charge in [0.05, 0.1) is 10.6 Å². The van der Waals surface area contributed by atoms with Crippen LogP contribution in [0.5, 0.6) is 0 Å². The molecule has 1 aliphatic carbocycles. The first-order valence-corrected chi connectivity index (χ1v) is 7.30. The lowest BCUT2D eigenvalue weighted by Gasteiger charge is -2.34. The van der Waals surface area contributed by atoms with Crippen molar-refractivity contribution in [3.63, 3.8) is 0 Å². The van der Waals surface area contributed by atoms with E-state index in [0.717, 1.165) is 12.8 Å². The summed E-state index contributed by atoms with van der Waals surface area (Å²) in [6.07, 6.45) is 6.06. The normalized spacial score (nSPS) is 22.4. The van der Waals surface area contributed by atoms with Gasteiger partial charge in [0.2, 0.25) is 0 Å². The minimum Gasteiger partial charge on any atom is -0.339 e. The molecule has 0 aliphatic heterocycles. The SMILES string of the molecule is CC1CCCC(N(C)C(=O)c2cnc(NN)c(Cl)c2)C1. The molecule has 0 bridgehead atoms. The van der Waals surface area contributed by atoms with E-state index in [1.54, 1.807) is 6.07 Å². The highest BCUT2D eigenvalue weighted by Crippen LogP contribution is 2.28. The third kappa shape index (κ3) is 3.22. The zero-order valence-corrected chi connectivity index (χ0v) is 12.7. The number of pyridine rings is 1. The van der Waals surface area contributed by atoms with Gasteiger partial charge in [-0.25, -0.2) is 10.8 Å². The van der Waals surface area contributed by atoms with E-state index in [-0.39, 0.29) is 5.91 Å². The first-order chi connectivity index (χ1) is 9.52. The van der Waals surface area contributed by atoms with E-state index in [2.05, 4.69) is 17.3 Å². The summed E-state index contributed by atoms with van der Waals surface area (Å²) in [5.41, 5.74) is 2.89. The largest absolute Gasteiger partial charge is 0.339 e. The van der Waals surface area contributed by atoms with Gasteiger partial charge >= 0.3 is 0 Å². The molecule has 6 heteroatoms. The molecule has 0 spiro atoms. The number of nitrogen functional groups attached to an aromatic ring is 1. The van der Waals surface area contributed by atoms with Gasteiger partial charge in [0.25, 0.3) is 5.91 Å². The Morgan fingerprint density at radius 2 is 2.30 bits per heavy atom. The van der Waals surface area contributed by atoms with Crippen LogP contribution in [0.4, 0.5) is 5.82 Å². The Labute approximate surface area is 124 Å². The Bertz CT molecular complexity index is 494. The topological polar surface area (TPSA) is 71.2 Å². The number of halogens is 1. The van der Waals surface area contributed by atoms with E-state index < -0.39 is 0 Å². The lowest BCUT2D eigenvalue weighted by molar-refractivity contribution is 0.0672. The van der Waals surface area contributed by atoms with Gasteiger partial charge in [-0.3, -0.25) is 4.79 Å². The predicted octanol–water partition coefficient (Wildman–Crippen LogP) is 2.67. The van der Waals surface area contributed by atoms with Crippen LogP contribution >= 0.6 is 11.6 Å². The maximum Gasteiger partial charge on any atom is 0.255 e. The highest BCUT2D eigenvalue weighted by Gasteiger charge is 2.26. The summed E-state index contributed by atoms with van der Waals surface area (Å²) < 4.78 is 0. The van der Waals surface area contributed by atoms with Crippen molar-refractivity contribution in [3.05, 3.63) is 22.8 Å². The van der Waals surface area contributed by atoms with Crippen molar-refractivity contribution in [1.82, 2.24) is 9.88 Å². The number of nitrogens with one attached hydrogen (secondary N) is 1. The molecule has 0 radical (unpaired) electrons. The molecule has 20 heavy (non-hydrogen) atoms. The second-order valence-electron chi connectivity index (χ2n) is 5.54. The molecule has 1 aromatic heterocycles. The highest BCUT2D eigenvalue weighted by atomic mass is 35.5. The van der Waals surface area contributed by atoms with E-state index >= 15 is 0 Å². The summed E-state index contributed by atoms with van der Waals surface area (Å²) in [5.74, 6) is 6.28. The van der Waals surface area contributed by atoms with Crippen LogP contribution in [0.15, 0.2) is 12.3 Å². The standard InChI is InChI=1S/C14H21ClN4O/c1-9-4-3-5-11(6-9)19(2)14(20)10-7-12(15)13(18-16)17-8-10/h7-9,11H,3-6,16H2,1-2H3,(H,17,18). The number of hydrazine groups is 1. The fourth-order valence-electron chi connectivity index (χ4n) is 2.78. The van der Waals surface area contributed by atoms with E-state index in [9.17, 15) is 4.79 Å². The minimum atomic E-state index is -0.0397. The van der Waals surface area contributed by atoms with Gasteiger partial charge < -0.3 is 10.3 Å². The van der Waals surface area contributed by atoms with E-state index in [0.29, 0.717) is 28.4 Å². The first-order valence-electron chi connectivity index (χ1n) is 6.92. The minimum absolute atomic E-state index is 0.0397. The quantitative estimate of drug-likeness (QED) is 0.664. The molecule has 3 N–H and O–H groups in total. The Morgan fingerprint density at radius 1 is 1.55 bits per heavy atom. The van der Waals surface area contributed by atoms with Gasteiger partial charge in [0.1, 0.15) is 0 Å². The summed E-state index contributed by atoms with van der Waals surface area (Å²) >= 11 is 6.01. The summed E-state index contributed by atoms with van der Waals surface area (Å²) in [7, 11) is 1.86. The van der Waals surface area contributed by atoms with E-state index in [4.69, 9.17) is 17.4 Å². The van der Waals surface area contributed by atoms with Crippen LogP contribution in [0, 0.1) is 5.92 Å². The van der Waals surface area contributed by atoms with Gasteiger partial charge in [0, 0.05) is 19.3 Å². The summed E-state index contributed by atoms with van der Waals surface area (Å²) in [6, 6.07) is 1.91. The number of hydrogen-bond donors (Lipinski definition) is 2. The lowest BCUT2D eigenvalue weighted by Crippen LogP contribution is -2.39. The molecule has 2 atom stereocenters. The fourth-order valence-corrected chi connectivity index (χ4v) is 3.01. The lowest BCUT2D eigenvalue weighted by atomic mass is 9.86. The molecule has 1 heterocycles. The van der Waals surface area contributed by atoms with E-state index in [1.807, 2.05) is 11.9 Å². The van der Waals surface area contributed by atoms with Crippen molar-refractivity contribution in [1.29, 1.82) is 0 Å². The molecule has 0 aromatic carbocycles. The monoisotopic (exact) mass is 296 g/mol. The molecule has 2 unspecified atom stereocenters. The maximum atomic E-state index is 12.5. The molecular weight excluding hydrogens is 276 g/mol. The van der Waals surface area contributed by atoms with Gasteiger partial charge in [0.15, 0.2) is 5.82 Å². The average Bonchev–Trinajstić information content (AvgIpc) is 2.45. The number of anilines is 1. The van der Waals surface area contributed by atoms with Crippen molar-refractivity contribution >= 4 is 23.3 Å². The van der Waals surface area contributed by atoms with Gasteiger partial charge in [-0.05, 0) is 24.8 Å². The van der Waals surface area contributed by atoms with Crippen molar-refractivity contribution in [2.24, 2.45) is 11.8 Å². The molecule has 1 aliphatic rings. The highest BCUT2D eigenvalue weighted by molar-refractivity contribution is 6.33. The number of carbonyl (C=O) groups is 1. The van der Waals surface area contributed by atoms with Crippen LogP contribution in [-0.2, 0) is 0 Å². The number of carbonyl (C=O) groups excluding carboxylic acids is 1. The van der Waals surface area contributed by atoms with Gasteiger partial charge in [-0.15, -0.1) is 0 Å². The number of nitrogens with two attached hydrogens (primary N) is 1. The Morgan fingerprint density at radius 3 is 2.90 bits per heavy atom. The van der Waals surface area contributed by atoms with Crippen LogP contribution in [0.2, 0.25) is 5.02 Å². The van der Waals surface area contributed by atoms with Crippen LogP contribution in [0.1, 0.15) is 43.0 Å². The van der Waals surface area contributed by atoms with Crippen molar-refractivity contribution < 1.29 is 4.79 Å². The molecule has 5 nitrogen and oxygen atoms in total. The third-order valence-corrected chi connectivity index (χ3v) is 4.29. The molecule has 1 amide bonds. The zero-order chi connectivity index (χ0) is 14.7. The first kappa shape index (κ1) is 15.1. The summed E-state index contributed by atoms with van der Waals surface area (Å²) in [4.78, 5) is 18.3. The predicted molar refractivity (Wildman–Crippen MR) is 80.6 cm³/mol. The number of rotatable bonds is 3. The second-order valence-corrected chi connectivity index (χ2v) is 5.95. The van der Waals surface area contributed by atoms with Crippen LogP contribution in [0.25, 0.3) is 0 Å². The molecule has 0 saturated heterocycles. The Hall–Kier alpha value is -1.33. The maximum absolute atomic E-state index is 12.5.